The molecule has 0 fully saturated rings. The molecule has 0 aliphatic carbocycles. The smallest absolute Gasteiger partial charge is 0.333 e. The van der Waals surface area contributed by atoms with E-state index in [1.54, 1.807) is 31.3 Å². The second-order valence-corrected chi connectivity index (χ2v) is 9.41. The molecule has 2 N–H and O–H groups in total. The molecule has 1 heterocycles. The monoisotopic (exact) mass is 544 g/mol. The molecular formula is C31H30F6N2. The van der Waals surface area contributed by atoms with Crippen LogP contribution in [-0.4, -0.2) is 12.0 Å². The number of hydrogen-bond donors (Lipinski definition) is 1. The maximum atomic E-state index is 14.6. The van der Waals surface area contributed by atoms with Crippen LogP contribution >= 0.6 is 0 Å². The molecular weight excluding hydrogens is 514 g/mol. The summed E-state index contributed by atoms with van der Waals surface area (Å²) in [6, 6.07) is 19.0. The van der Waals surface area contributed by atoms with E-state index in [4.69, 9.17) is 0 Å². The van der Waals surface area contributed by atoms with Crippen LogP contribution in [0, 0.1) is 19.7 Å². The van der Waals surface area contributed by atoms with Crippen molar-refractivity contribution in [3.63, 3.8) is 0 Å². The minimum Gasteiger partial charge on any atom is -0.333 e. The van der Waals surface area contributed by atoms with Crippen LogP contribution in [0.2, 0.25) is 0 Å². The van der Waals surface area contributed by atoms with Crippen molar-refractivity contribution in [2.24, 2.45) is 5.73 Å². The second-order valence-electron chi connectivity index (χ2n) is 9.41. The zero-order valence-corrected chi connectivity index (χ0v) is 22.1. The molecule has 0 spiro atoms. The summed E-state index contributed by atoms with van der Waals surface area (Å²) >= 11 is 0. The molecule has 0 saturated heterocycles. The van der Waals surface area contributed by atoms with Crippen LogP contribution in [0.3, 0.4) is 0 Å². The molecule has 2 nitrogen and oxygen atoms in total. The van der Waals surface area contributed by atoms with Crippen LogP contribution in [0.25, 0.3) is 0 Å². The minimum absolute atomic E-state index is 0.104. The molecule has 8 heteroatoms. The normalized spacial score (nSPS) is 13.3. The zero-order valence-electron chi connectivity index (χ0n) is 22.1. The van der Waals surface area contributed by atoms with Gasteiger partial charge in [-0.25, -0.2) is 13.2 Å². The van der Waals surface area contributed by atoms with Gasteiger partial charge in [-0.1, -0.05) is 60.7 Å². The van der Waals surface area contributed by atoms with E-state index in [0.29, 0.717) is 18.2 Å². The van der Waals surface area contributed by atoms with Gasteiger partial charge in [-0.2, -0.15) is 13.2 Å². The lowest BCUT2D eigenvalue weighted by Gasteiger charge is -2.37. The van der Waals surface area contributed by atoms with Crippen molar-refractivity contribution in [1.29, 1.82) is 0 Å². The summed E-state index contributed by atoms with van der Waals surface area (Å²) in [5.74, 6) is -4.61. The topological polar surface area (TPSA) is 38.9 Å². The van der Waals surface area contributed by atoms with Gasteiger partial charge in [-0.05, 0) is 73.3 Å². The van der Waals surface area contributed by atoms with Gasteiger partial charge in [0.15, 0.2) is 0 Å². The Kier molecular flexibility index (Phi) is 8.91. The van der Waals surface area contributed by atoms with Gasteiger partial charge in [0.25, 0.3) is 5.92 Å². The molecule has 0 amide bonds. The molecule has 206 valence electrons. The Hall–Kier alpha value is -3.65. The number of alkyl halides is 5. The molecule has 0 radical (unpaired) electrons. The molecule has 0 aliphatic heterocycles. The van der Waals surface area contributed by atoms with E-state index < -0.39 is 34.5 Å². The SMILES string of the molecule is CN.Cc1cnc(C(Cc2ccccc2)(c2cccc(C(F)(F)F)c2)c2ccc(F)c(C(C)(F)F)c2)c(C)c1. The highest BCUT2D eigenvalue weighted by molar-refractivity contribution is 5.54. The van der Waals surface area contributed by atoms with Crippen LogP contribution in [0.15, 0.2) is 85.1 Å². The quantitative estimate of drug-likeness (QED) is 0.249. The number of aryl methyl sites for hydroxylation is 2. The van der Waals surface area contributed by atoms with Crippen LogP contribution in [0.1, 0.15) is 51.6 Å². The summed E-state index contributed by atoms with van der Waals surface area (Å²) in [7, 11) is 1.50. The number of hydrogen-bond acceptors (Lipinski definition) is 2. The van der Waals surface area contributed by atoms with Crippen molar-refractivity contribution < 1.29 is 26.3 Å². The average Bonchev–Trinajstić information content (AvgIpc) is 2.89. The third kappa shape index (κ3) is 6.33. The summed E-state index contributed by atoms with van der Waals surface area (Å²) in [6.45, 7) is 4.20. The number of benzene rings is 3. The molecule has 4 rings (SSSR count). The summed E-state index contributed by atoms with van der Waals surface area (Å²) < 4.78 is 85.0. The standard InChI is InChI=1S/C30H25F6N.CH5N/c1-19-14-20(2)27(37-18-19)29(17-21-8-5-4-6-9-21,22-10-7-11-24(15-22)30(34,35)36)23-12-13-26(31)25(16-23)28(3,32)33;1-2/h4-16,18H,17H2,1-3H3;2H2,1H3. The molecule has 0 bridgehead atoms. The van der Waals surface area contributed by atoms with Crippen molar-refractivity contribution in [2.75, 3.05) is 7.05 Å². The Balaban J connectivity index is 0.00000205. The molecule has 1 unspecified atom stereocenters. The molecule has 0 aliphatic rings. The first-order valence-electron chi connectivity index (χ1n) is 12.2. The summed E-state index contributed by atoms with van der Waals surface area (Å²) in [5, 5.41) is 0. The van der Waals surface area contributed by atoms with Gasteiger partial charge in [-0.15, -0.1) is 0 Å². The van der Waals surface area contributed by atoms with Crippen molar-refractivity contribution in [1.82, 2.24) is 4.98 Å². The Morgan fingerprint density at radius 1 is 0.744 bits per heavy atom. The number of aromatic nitrogens is 1. The van der Waals surface area contributed by atoms with Crippen molar-refractivity contribution in [3.05, 3.63) is 136 Å². The van der Waals surface area contributed by atoms with Gasteiger partial charge in [0.05, 0.1) is 22.2 Å². The minimum atomic E-state index is -4.63. The van der Waals surface area contributed by atoms with E-state index in [-0.39, 0.29) is 17.5 Å². The lowest BCUT2D eigenvalue weighted by Crippen LogP contribution is -2.35. The first-order chi connectivity index (χ1) is 18.3. The van der Waals surface area contributed by atoms with Crippen molar-refractivity contribution >= 4 is 0 Å². The predicted molar refractivity (Wildman–Crippen MR) is 141 cm³/mol. The fourth-order valence-electron chi connectivity index (χ4n) is 4.88. The van der Waals surface area contributed by atoms with Gasteiger partial charge < -0.3 is 5.73 Å². The van der Waals surface area contributed by atoms with Crippen LogP contribution in [0.5, 0.6) is 0 Å². The Morgan fingerprint density at radius 2 is 1.36 bits per heavy atom. The highest BCUT2D eigenvalue weighted by Crippen LogP contribution is 2.45. The largest absolute Gasteiger partial charge is 0.416 e. The number of pyridine rings is 1. The van der Waals surface area contributed by atoms with E-state index in [9.17, 15) is 26.3 Å². The van der Waals surface area contributed by atoms with E-state index in [2.05, 4.69) is 10.7 Å². The Bertz CT molecular complexity index is 1410. The lowest BCUT2D eigenvalue weighted by molar-refractivity contribution is -0.137. The summed E-state index contributed by atoms with van der Waals surface area (Å²) in [6.07, 6.45) is -2.93. The highest BCUT2D eigenvalue weighted by Gasteiger charge is 2.42. The summed E-state index contributed by atoms with van der Waals surface area (Å²) in [4.78, 5) is 4.64. The van der Waals surface area contributed by atoms with Crippen molar-refractivity contribution in [2.45, 2.75) is 44.7 Å². The maximum absolute atomic E-state index is 14.6. The van der Waals surface area contributed by atoms with Gasteiger partial charge >= 0.3 is 6.18 Å². The maximum Gasteiger partial charge on any atom is 0.416 e. The van der Waals surface area contributed by atoms with Crippen LogP contribution in [0.4, 0.5) is 26.3 Å². The number of nitrogens with zero attached hydrogens (tertiary/aromatic N) is 1. The van der Waals surface area contributed by atoms with E-state index in [1.165, 1.54) is 25.2 Å². The van der Waals surface area contributed by atoms with E-state index in [1.807, 2.05) is 25.1 Å². The molecule has 1 aromatic heterocycles. The summed E-state index contributed by atoms with van der Waals surface area (Å²) in [5.41, 5.74) is 4.43. The number of nitrogens with two attached hydrogens (primary N) is 1. The predicted octanol–water partition coefficient (Wildman–Crippen LogP) is 8.12. The molecule has 4 aromatic rings. The van der Waals surface area contributed by atoms with Gasteiger partial charge in [-0.3, -0.25) is 4.98 Å². The number of rotatable bonds is 6. The van der Waals surface area contributed by atoms with E-state index >= 15 is 0 Å². The van der Waals surface area contributed by atoms with Crippen LogP contribution in [-0.2, 0) is 23.9 Å². The highest BCUT2D eigenvalue weighted by atomic mass is 19.4. The van der Waals surface area contributed by atoms with Gasteiger partial charge in [0, 0.05) is 13.1 Å². The van der Waals surface area contributed by atoms with Gasteiger partial charge in [0.2, 0.25) is 0 Å². The first kappa shape index (κ1) is 29.9. The van der Waals surface area contributed by atoms with E-state index in [0.717, 1.165) is 35.4 Å². The van der Waals surface area contributed by atoms with Crippen LogP contribution < -0.4 is 5.73 Å². The fourth-order valence-corrected chi connectivity index (χ4v) is 4.88. The zero-order chi connectivity index (χ0) is 29.0. The van der Waals surface area contributed by atoms with Crippen molar-refractivity contribution in [3.8, 4) is 0 Å². The average molecular weight is 545 g/mol. The molecule has 0 saturated carbocycles. The lowest BCUT2D eigenvalue weighted by atomic mass is 9.66. The second kappa shape index (κ2) is 11.6. The molecule has 1 atom stereocenters. The third-order valence-corrected chi connectivity index (χ3v) is 6.55. The molecule has 3 aromatic carbocycles. The Morgan fingerprint density at radius 3 is 1.95 bits per heavy atom. The third-order valence-electron chi connectivity index (χ3n) is 6.55. The molecule has 39 heavy (non-hydrogen) atoms. The first-order valence-corrected chi connectivity index (χ1v) is 12.2. The van der Waals surface area contributed by atoms with Gasteiger partial charge in [0.1, 0.15) is 5.82 Å². The number of halogens is 6. The Labute approximate surface area is 224 Å². The fraction of sp³-hybridized carbons (Fsp3) is 0.258.